The number of carbonyl (C=O) groups is 2. The SMILES string of the molecule is COC(=O)[C@H]1CC[C@@H](c2ccccc2)N1C(=O)N(C)C. The van der Waals surface area contributed by atoms with Gasteiger partial charge < -0.3 is 14.5 Å². The Morgan fingerprint density at radius 1 is 1.20 bits per heavy atom. The Kier molecular flexibility index (Phi) is 4.27. The van der Waals surface area contributed by atoms with Crippen LogP contribution in [0.4, 0.5) is 4.79 Å². The lowest BCUT2D eigenvalue weighted by molar-refractivity contribution is -0.145. The molecule has 1 aromatic rings. The minimum Gasteiger partial charge on any atom is -0.467 e. The molecule has 0 bridgehead atoms. The van der Waals surface area contributed by atoms with E-state index in [1.807, 2.05) is 30.3 Å². The summed E-state index contributed by atoms with van der Waals surface area (Å²) < 4.78 is 4.83. The van der Waals surface area contributed by atoms with Crippen molar-refractivity contribution < 1.29 is 14.3 Å². The Bertz CT molecular complexity index is 487. The number of amides is 2. The smallest absolute Gasteiger partial charge is 0.328 e. The van der Waals surface area contributed by atoms with Gasteiger partial charge in [0.15, 0.2) is 0 Å². The lowest BCUT2D eigenvalue weighted by atomic mass is 10.1. The average Bonchev–Trinajstić information content (AvgIpc) is 2.91. The molecule has 5 heteroatoms. The topological polar surface area (TPSA) is 49.9 Å². The van der Waals surface area contributed by atoms with E-state index in [-0.39, 0.29) is 18.0 Å². The minimum atomic E-state index is -0.500. The van der Waals surface area contributed by atoms with Gasteiger partial charge in [0.1, 0.15) is 6.04 Å². The fourth-order valence-electron chi connectivity index (χ4n) is 2.68. The van der Waals surface area contributed by atoms with E-state index >= 15 is 0 Å². The second-order valence-electron chi connectivity index (χ2n) is 5.13. The van der Waals surface area contributed by atoms with Crippen molar-refractivity contribution in [1.29, 1.82) is 0 Å². The maximum absolute atomic E-state index is 12.4. The lowest BCUT2D eigenvalue weighted by Gasteiger charge is -2.31. The van der Waals surface area contributed by atoms with Crippen molar-refractivity contribution in [2.75, 3.05) is 21.2 Å². The van der Waals surface area contributed by atoms with Gasteiger partial charge in [-0.2, -0.15) is 0 Å². The molecular weight excluding hydrogens is 256 g/mol. The molecule has 0 spiro atoms. The molecule has 0 unspecified atom stereocenters. The van der Waals surface area contributed by atoms with Crippen molar-refractivity contribution in [3.05, 3.63) is 35.9 Å². The van der Waals surface area contributed by atoms with Crippen molar-refractivity contribution in [3.63, 3.8) is 0 Å². The molecule has 0 N–H and O–H groups in total. The number of nitrogens with zero attached hydrogens (tertiary/aromatic N) is 2. The highest BCUT2D eigenvalue weighted by Gasteiger charge is 2.42. The second kappa shape index (κ2) is 5.94. The van der Waals surface area contributed by atoms with E-state index in [0.29, 0.717) is 6.42 Å². The van der Waals surface area contributed by atoms with Crippen LogP contribution in [0.25, 0.3) is 0 Å². The van der Waals surface area contributed by atoms with Gasteiger partial charge in [-0.25, -0.2) is 9.59 Å². The zero-order valence-electron chi connectivity index (χ0n) is 12.1. The fourth-order valence-corrected chi connectivity index (χ4v) is 2.68. The molecular formula is C15H20N2O3. The van der Waals surface area contributed by atoms with E-state index in [0.717, 1.165) is 12.0 Å². The van der Waals surface area contributed by atoms with E-state index in [4.69, 9.17) is 4.74 Å². The Balaban J connectivity index is 2.33. The van der Waals surface area contributed by atoms with Gasteiger partial charge in [0.25, 0.3) is 0 Å². The molecule has 108 valence electrons. The van der Waals surface area contributed by atoms with Crippen LogP contribution in [0.5, 0.6) is 0 Å². The van der Waals surface area contributed by atoms with Crippen molar-refractivity contribution >= 4 is 12.0 Å². The molecule has 1 saturated heterocycles. The maximum atomic E-state index is 12.4. The van der Waals surface area contributed by atoms with E-state index in [9.17, 15) is 9.59 Å². The predicted molar refractivity (Wildman–Crippen MR) is 75.1 cm³/mol. The quantitative estimate of drug-likeness (QED) is 0.777. The number of carbonyl (C=O) groups excluding carboxylic acids is 2. The second-order valence-corrected chi connectivity index (χ2v) is 5.13. The van der Waals surface area contributed by atoms with Gasteiger partial charge in [-0.15, -0.1) is 0 Å². The molecule has 1 fully saturated rings. The third-order valence-electron chi connectivity index (χ3n) is 3.65. The molecule has 20 heavy (non-hydrogen) atoms. The van der Waals surface area contributed by atoms with Gasteiger partial charge in [-0.3, -0.25) is 0 Å². The first-order valence-corrected chi connectivity index (χ1v) is 6.68. The normalized spacial score (nSPS) is 21.6. The van der Waals surface area contributed by atoms with Crippen molar-refractivity contribution in [3.8, 4) is 0 Å². The predicted octanol–water partition coefficient (Wildman–Crippen LogP) is 2.05. The molecule has 0 aromatic heterocycles. The summed E-state index contributed by atoms with van der Waals surface area (Å²) >= 11 is 0. The standard InChI is InChI=1S/C15H20N2O3/c1-16(2)15(19)17-12(11-7-5-4-6-8-11)9-10-13(17)14(18)20-3/h4-8,12-13H,9-10H2,1-3H3/t12-,13+/m0/s1. The molecule has 0 aliphatic carbocycles. The molecule has 1 aliphatic heterocycles. The van der Waals surface area contributed by atoms with Crippen LogP contribution in [-0.4, -0.2) is 49.0 Å². The Labute approximate surface area is 119 Å². The van der Waals surface area contributed by atoms with Gasteiger partial charge in [0, 0.05) is 14.1 Å². The van der Waals surface area contributed by atoms with Crippen LogP contribution in [0, 0.1) is 0 Å². The molecule has 2 atom stereocenters. The zero-order chi connectivity index (χ0) is 14.7. The summed E-state index contributed by atoms with van der Waals surface area (Å²) in [7, 11) is 4.74. The van der Waals surface area contributed by atoms with Gasteiger partial charge in [0.2, 0.25) is 0 Å². The number of ether oxygens (including phenoxy) is 1. The van der Waals surface area contributed by atoms with Crippen LogP contribution in [0.15, 0.2) is 30.3 Å². The molecule has 1 aromatic carbocycles. The van der Waals surface area contributed by atoms with Gasteiger partial charge in [-0.05, 0) is 18.4 Å². The van der Waals surface area contributed by atoms with Crippen LogP contribution in [0.3, 0.4) is 0 Å². The molecule has 5 nitrogen and oxygen atoms in total. The summed E-state index contributed by atoms with van der Waals surface area (Å²) in [5.41, 5.74) is 1.05. The van der Waals surface area contributed by atoms with Gasteiger partial charge >= 0.3 is 12.0 Å². The zero-order valence-corrected chi connectivity index (χ0v) is 12.1. The lowest BCUT2D eigenvalue weighted by Crippen LogP contribution is -2.46. The van der Waals surface area contributed by atoms with Gasteiger partial charge in [-0.1, -0.05) is 30.3 Å². The van der Waals surface area contributed by atoms with Crippen molar-refractivity contribution in [2.45, 2.75) is 24.9 Å². The van der Waals surface area contributed by atoms with Crippen LogP contribution >= 0.6 is 0 Å². The summed E-state index contributed by atoms with van der Waals surface area (Å²) in [6.07, 6.45) is 1.40. The average molecular weight is 276 g/mol. The summed E-state index contributed by atoms with van der Waals surface area (Å²) in [6.45, 7) is 0. The molecule has 2 rings (SSSR count). The minimum absolute atomic E-state index is 0.0739. The first-order chi connectivity index (χ1) is 9.56. The van der Waals surface area contributed by atoms with Crippen LogP contribution in [0.2, 0.25) is 0 Å². The number of hydrogen-bond acceptors (Lipinski definition) is 3. The monoisotopic (exact) mass is 276 g/mol. The summed E-state index contributed by atoms with van der Waals surface area (Å²) in [4.78, 5) is 27.4. The Morgan fingerprint density at radius 3 is 2.40 bits per heavy atom. The van der Waals surface area contributed by atoms with Crippen LogP contribution < -0.4 is 0 Å². The highest BCUT2D eigenvalue weighted by atomic mass is 16.5. The molecule has 0 radical (unpaired) electrons. The van der Waals surface area contributed by atoms with Crippen molar-refractivity contribution in [1.82, 2.24) is 9.80 Å². The van der Waals surface area contributed by atoms with E-state index in [2.05, 4.69) is 0 Å². The summed E-state index contributed by atoms with van der Waals surface area (Å²) in [6, 6.07) is 9.06. The Morgan fingerprint density at radius 2 is 1.85 bits per heavy atom. The third-order valence-corrected chi connectivity index (χ3v) is 3.65. The van der Waals surface area contributed by atoms with E-state index in [1.165, 1.54) is 12.0 Å². The Hall–Kier alpha value is -2.04. The summed E-state index contributed by atoms with van der Waals surface area (Å²) in [5.74, 6) is -0.348. The number of rotatable bonds is 2. The summed E-state index contributed by atoms with van der Waals surface area (Å²) in [5, 5.41) is 0. The maximum Gasteiger partial charge on any atom is 0.328 e. The molecule has 2 amide bonds. The molecule has 0 saturated carbocycles. The van der Waals surface area contributed by atoms with E-state index < -0.39 is 6.04 Å². The molecule has 1 aliphatic rings. The number of methoxy groups -OCH3 is 1. The highest BCUT2D eigenvalue weighted by molar-refractivity contribution is 5.84. The number of urea groups is 1. The van der Waals surface area contributed by atoms with Crippen LogP contribution in [-0.2, 0) is 9.53 Å². The number of likely N-dealkylation sites (tertiary alicyclic amines) is 1. The highest BCUT2D eigenvalue weighted by Crippen LogP contribution is 2.37. The number of benzene rings is 1. The first-order valence-electron chi connectivity index (χ1n) is 6.68. The van der Waals surface area contributed by atoms with Crippen molar-refractivity contribution in [2.24, 2.45) is 0 Å². The van der Waals surface area contributed by atoms with Crippen LogP contribution in [0.1, 0.15) is 24.4 Å². The van der Waals surface area contributed by atoms with Gasteiger partial charge in [0.05, 0.1) is 13.2 Å². The largest absolute Gasteiger partial charge is 0.467 e. The number of hydrogen-bond donors (Lipinski definition) is 0. The first kappa shape index (κ1) is 14.4. The molecule has 1 heterocycles. The fraction of sp³-hybridized carbons (Fsp3) is 0.467. The third kappa shape index (κ3) is 2.61. The number of esters is 1. The van der Waals surface area contributed by atoms with E-state index in [1.54, 1.807) is 19.0 Å².